The molecule has 1 aromatic rings. The number of esters is 1. The fraction of sp³-hybridized carbons (Fsp3) is 0.618. The molecule has 8 heteroatoms. The van der Waals surface area contributed by atoms with Crippen molar-refractivity contribution in [3.63, 3.8) is 0 Å². The Morgan fingerprint density at radius 3 is 2.62 bits per heavy atom. The van der Waals surface area contributed by atoms with E-state index in [0.717, 1.165) is 68.2 Å². The summed E-state index contributed by atoms with van der Waals surface area (Å²) < 4.78 is 5.08. The van der Waals surface area contributed by atoms with Gasteiger partial charge in [0.1, 0.15) is 6.04 Å². The lowest BCUT2D eigenvalue weighted by Crippen LogP contribution is -2.57. The molecule has 230 valence electrons. The van der Waals surface area contributed by atoms with Crippen LogP contribution in [0.1, 0.15) is 69.4 Å². The number of allylic oxidation sites excluding steroid dienone is 1. The predicted octanol–water partition coefficient (Wildman–Crippen LogP) is 5.61. The summed E-state index contributed by atoms with van der Waals surface area (Å²) in [5.74, 6) is -1.52. The Morgan fingerprint density at radius 2 is 1.90 bits per heavy atom. The van der Waals surface area contributed by atoms with Crippen LogP contribution >= 0.6 is 11.8 Å². The van der Waals surface area contributed by atoms with Gasteiger partial charge in [0.15, 0.2) is 0 Å². The van der Waals surface area contributed by atoms with E-state index in [2.05, 4.69) is 20.1 Å². The van der Waals surface area contributed by atoms with Crippen LogP contribution in [-0.4, -0.2) is 70.1 Å². The highest BCUT2D eigenvalue weighted by Gasteiger charge is 2.76. The normalized spacial score (nSPS) is 27.7. The number of aryl methyl sites for hydroxylation is 2. The molecule has 3 aliphatic rings. The van der Waals surface area contributed by atoms with Gasteiger partial charge in [0.2, 0.25) is 5.91 Å². The number of thioether (sulfide) groups is 1. The molecule has 1 spiro atoms. The average Bonchev–Trinajstić information content (AvgIpc) is 3.56. The predicted molar refractivity (Wildman–Crippen MR) is 169 cm³/mol. The van der Waals surface area contributed by atoms with Crippen molar-refractivity contribution >= 4 is 35.2 Å². The van der Waals surface area contributed by atoms with Crippen molar-refractivity contribution in [2.75, 3.05) is 31.2 Å². The number of unbranched alkanes of at least 4 members (excludes halogenated alkanes) is 5. The van der Waals surface area contributed by atoms with Crippen molar-refractivity contribution in [1.29, 1.82) is 0 Å². The summed E-state index contributed by atoms with van der Waals surface area (Å²) in [6.45, 7) is 15.1. The van der Waals surface area contributed by atoms with E-state index in [1.54, 1.807) is 27.6 Å². The van der Waals surface area contributed by atoms with Crippen LogP contribution in [0.25, 0.3) is 0 Å². The molecule has 2 bridgehead atoms. The lowest BCUT2D eigenvalue weighted by molar-refractivity contribution is -0.154. The molecular formula is C34H48N2O5S. The summed E-state index contributed by atoms with van der Waals surface area (Å²) in [7, 11) is 0. The van der Waals surface area contributed by atoms with Gasteiger partial charge in [0.25, 0.3) is 5.91 Å². The Balaban J connectivity index is 1.69. The molecule has 3 fully saturated rings. The summed E-state index contributed by atoms with van der Waals surface area (Å²) in [4.78, 5) is 46.3. The Labute approximate surface area is 255 Å². The molecule has 1 aromatic carbocycles. The summed E-state index contributed by atoms with van der Waals surface area (Å²) in [6, 6.07) is 5.40. The number of aliphatic hydroxyl groups excluding tert-OH is 1. The third-order valence-corrected chi connectivity index (χ3v) is 11.4. The van der Waals surface area contributed by atoms with Crippen LogP contribution in [0.5, 0.6) is 0 Å². The van der Waals surface area contributed by atoms with Crippen molar-refractivity contribution in [2.45, 2.75) is 88.2 Å². The summed E-state index contributed by atoms with van der Waals surface area (Å²) in [5, 5.41) is 9.18. The molecule has 0 aliphatic carbocycles. The minimum absolute atomic E-state index is 0.0369. The first-order valence-electron chi connectivity index (χ1n) is 15.6. The van der Waals surface area contributed by atoms with Gasteiger partial charge in [-0.15, -0.1) is 24.9 Å². The Kier molecular flexibility index (Phi) is 11.0. The van der Waals surface area contributed by atoms with E-state index in [4.69, 9.17) is 4.74 Å². The number of aliphatic hydroxyl groups is 1. The summed E-state index contributed by atoms with van der Waals surface area (Å²) >= 11 is 1.69. The zero-order valence-electron chi connectivity index (χ0n) is 25.6. The van der Waals surface area contributed by atoms with Gasteiger partial charge >= 0.3 is 5.97 Å². The van der Waals surface area contributed by atoms with Crippen LogP contribution in [0.15, 0.2) is 43.5 Å². The maximum Gasteiger partial charge on any atom is 0.310 e. The number of benzene rings is 1. The maximum atomic E-state index is 14.8. The number of nitrogens with zero attached hydrogens (tertiary/aromatic N) is 2. The van der Waals surface area contributed by atoms with Crippen molar-refractivity contribution in [3.8, 4) is 0 Å². The number of hydrogen-bond donors (Lipinski definition) is 1. The van der Waals surface area contributed by atoms with E-state index < -0.39 is 22.6 Å². The van der Waals surface area contributed by atoms with Crippen molar-refractivity contribution < 1.29 is 24.2 Å². The van der Waals surface area contributed by atoms with Gasteiger partial charge in [0, 0.05) is 30.6 Å². The topological polar surface area (TPSA) is 87.1 Å². The smallest absolute Gasteiger partial charge is 0.310 e. The van der Waals surface area contributed by atoms with Crippen LogP contribution in [0.3, 0.4) is 0 Å². The molecule has 1 N–H and O–H groups in total. The molecule has 3 saturated heterocycles. The molecule has 7 nitrogen and oxygen atoms in total. The van der Waals surface area contributed by atoms with E-state index in [9.17, 15) is 19.5 Å². The molecule has 3 heterocycles. The average molecular weight is 597 g/mol. The number of hydrogen-bond acceptors (Lipinski definition) is 6. The summed E-state index contributed by atoms with van der Waals surface area (Å²) in [5.41, 5.74) is 2.87. The first-order valence-corrected chi connectivity index (χ1v) is 16.5. The SMILES string of the molecule is C=CCCCCOC(=O)[C@@H]1[C@H]2C(=O)N(CCCCCCO)C(C(=O)N(CC=C)c3cc(C)ccc3C)C23S[C@@H]1CC3C. The van der Waals surface area contributed by atoms with Gasteiger partial charge in [-0.05, 0) is 75.5 Å². The van der Waals surface area contributed by atoms with Crippen LogP contribution in [0.2, 0.25) is 0 Å². The van der Waals surface area contributed by atoms with E-state index in [1.165, 1.54) is 0 Å². The second-order valence-corrected chi connectivity index (χ2v) is 13.7. The highest BCUT2D eigenvalue weighted by molar-refractivity contribution is 8.02. The quantitative estimate of drug-likeness (QED) is 0.152. The standard InChI is InChI=1S/C34H48N2O5S/c1-6-8-9-14-20-41-33(40)28-27-22-25(5)34(42-27)29(28)31(38)36(18-12-10-11-13-19-37)30(34)32(39)35(17-7-2)26-21-23(3)15-16-24(26)4/h6-7,15-16,21,25,27-30,37H,1-2,8-14,17-20,22H2,3-5H3/t25?,27-,28+,29+,30?,34?/m1/s1. The zero-order chi connectivity index (χ0) is 30.4. The van der Waals surface area contributed by atoms with Crippen LogP contribution < -0.4 is 4.90 Å². The highest BCUT2D eigenvalue weighted by atomic mass is 32.2. The minimum Gasteiger partial charge on any atom is -0.465 e. The molecular weight excluding hydrogens is 548 g/mol. The maximum absolute atomic E-state index is 14.8. The second kappa shape index (κ2) is 14.3. The largest absolute Gasteiger partial charge is 0.465 e. The number of anilines is 1. The number of ether oxygens (including phenoxy) is 1. The van der Waals surface area contributed by atoms with Gasteiger partial charge in [-0.1, -0.05) is 44.1 Å². The summed E-state index contributed by atoms with van der Waals surface area (Å²) in [6.07, 6.45) is 10.1. The Hall–Kier alpha value is -2.58. The molecule has 0 radical (unpaired) electrons. The van der Waals surface area contributed by atoms with Gasteiger partial charge in [0.05, 0.1) is 23.2 Å². The monoisotopic (exact) mass is 596 g/mol. The second-order valence-electron chi connectivity index (χ2n) is 12.2. The first-order chi connectivity index (χ1) is 20.2. The fourth-order valence-electron chi connectivity index (χ4n) is 7.31. The van der Waals surface area contributed by atoms with Gasteiger partial charge < -0.3 is 19.6 Å². The molecule has 3 unspecified atom stereocenters. The Morgan fingerprint density at radius 1 is 1.14 bits per heavy atom. The van der Waals surface area contributed by atoms with Crippen molar-refractivity contribution in [1.82, 2.24) is 4.90 Å². The molecule has 3 aliphatic heterocycles. The molecule has 2 amide bonds. The third kappa shape index (κ3) is 6.07. The van der Waals surface area contributed by atoms with E-state index in [1.807, 2.05) is 38.1 Å². The van der Waals surface area contributed by atoms with Crippen LogP contribution in [0.4, 0.5) is 5.69 Å². The number of amides is 2. The molecule has 4 rings (SSSR count). The van der Waals surface area contributed by atoms with Gasteiger partial charge in [-0.3, -0.25) is 14.4 Å². The van der Waals surface area contributed by atoms with E-state index >= 15 is 0 Å². The number of carbonyl (C=O) groups is 3. The third-order valence-electron chi connectivity index (χ3n) is 9.34. The number of fused-ring (bicyclic) bond motifs is 1. The van der Waals surface area contributed by atoms with Crippen LogP contribution in [0, 0.1) is 31.6 Å². The van der Waals surface area contributed by atoms with E-state index in [0.29, 0.717) is 19.7 Å². The lowest BCUT2D eigenvalue weighted by atomic mass is 9.66. The number of likely N-dealkylation sites (tertiary alicyclic amines) is 1. The highest BCUT2D eigenvalue weighted by Crippen LogP contribution is 2.68. The van der Waals surface area contributed by atoms with Gasteiger partial charge in [-0.2, -0.15) is 0 Å². The fourth-order valence-corrected chi connectivity index (χ4v) is 9.71. The lowest BCUT2D eigenvalue weighted by Gasteiger charge is -2.40. The minimum atomic E-state index is -0.687. The first kappa shape index (κ1) is 32.3. The van der Waals surface area contributed by atoms with E-state index in [-0.39, 0.29) is 35.6 Å². The molecule has 0 saturated carbocycles. The van der Waals surface area contributed by atoms with Crippen molar-refractivity contribution in [3.05, 3.63) is 54.6 Å². The Bertz CT molecular complexity index is 1170. The zero-order valence-corrected chi connectivity index (χ0v) is 26.4. The molecule has 0 aromatic heterocycles. The van der Waals surface area contributed by atoms with Crippen molar-refractivity contribution in [2.24, 2.45) is 17.8 Å². The van der Waals surface area contributed by atoms with Crippen LogP contribution in [-0.2, 0) is 19.1 Å². The number of rotatable bonds is 16. The van der Waals surface area contributed by atoms with Gasteiger partial charge in [-0.25, -0.2) is 0 Å². The molecule has 6 atom stereocenters. The molecule has 42 heavy (non-hydrogen) atoms. The number of carbonyl (C=O) groups excluding carboxylic acids is 3.